The summed E-state index contributed by atoms with van der Waals surface area (Å²) in [5, 5.41) is 0. The van der Waals surface area contributed by atoms with E-state index in [4.69, 9.17) is 0 Å². The van der Waals surface area contributed by atoms with Crippen LogP contribution in [0, 0.1) is 18.8 Å². The van der Waals surface area contributed by atoms with Crippen molar-refractivity contribution in [2.45, 2.75) is 32.4 Å². The number of pyridine rings is 1. The van der Waals surface area contributed by atoms with E-state index >= 15 is 0 Å². The van der Waals surface area contributed by atoms with Crippen molar-refractivity contribution in [2.24, 2.45) is 11.8 Å². The Kier molecular flexibility index (Phi) is 3.48. The quantitative estimate of drug-likeness (QED) is 0.812. The zero-order valence-corrected chi connectivity index (χ0v) is 11.0. The molecule has 0 saturated heterocycles. The van der Waals surface area contributed by atoms with Crippen molar-refractivity contribution in [1.29, 1.82) is 0 Å². The van der Waals surface area contributed by atoms with Gasteiger partial charge in [-0.1, -0.05) is 0 Å². The number of rotatable bonds is 3. The number of alkyl halides is 3. The van der Waals surface area contributed by atoms with Gasteiger partial charge in [0.15, 0.2) is 0 Å². The fourth-order valence-electron chi connectivity index (χ4n) is 1.98. The molecule has 0 N–H and O–H groups in total. The molecule has 17 heavy (non-hydrogen) atoms. The van der Waals surface area contributed by atoms with E-state index in [0.29, 0.717) is 18.5 Å². The van der Waals surface area contributed by atoms with Gasteiger partial charge in [-0.15, -0.1) is 0 Å². The molecular weight excluding hydrogens is 295 g/mol. The van der Waals surface area contributed by atoms with Crippen LogP contribution in [0.5, 0.6) is 0 Å². The number of aryl methyl sites for hydroxylation is 1. The van der Waals surface area contributed by atoms with Gasteiger partial charge in [-0.05, 0) is 53.2 Å². The van der Waals surface area contributed by atoms with E-state index in [1.807, 2.05) is 6.92 Å². The Bertz CT molecular complexity index is 413. The summed E-state index contributed by atoms with van der Waals surface area (Å²) in [6.07, 6.45) is -1.14. The summed E-state index contributed by atoms with van der Waals surface area (Å²) < 4.78 is 39.3. The lowest BCUT2D eigenvalue weighted by molar-refractivity contribution is -0.180. The van der Waals surface area contributed by atoms with Crippen molar-refractivity contribution in [3.8, 4) is 0 Å². The lowest BCUT2D eigenvalue weighted by Crippen LogP contribution is -2.27. The molecule has 2 rings (SSSR count). The molecule has 1 saturated carbocycles. The van der Waals surface area contributed by atoms with Gasteiger partial charge in [0.05, 0.1) is 5.92 Å². The second kappa shape index (κ2) is 4.59. The van der Waals surface area contributed by atoms with Crippen LogP contribution < -0.4 is 0 Å². The van der Waals surface area contributed by atoms with Crippen molar-refractivity contribution < 1.29 is 13.2 Å². The van der Waals surface area contributed by atoms with E-state index in [1.165, 1.54) is 0 Å². The van der Waals surface area contributed by atoms with Crippen molar-refractivity contribution in [1.82, 2.24) is 4.98 Å². The van der Waals surface area contributed by atoms with Crippen LogP contribution in [0.4, 0.5) is 13.2 Å². The Morgan fingerprint density at radius 3 is 2.59 bits per heavy atom. The topological polar surface area (TPSA) is 12.9 Å². The minimum absolute atomic E-state index is 0.00227. The zero-order chi connectivity index (χ0) is 12.6. The monoisotopic (exact) mass is 307 g/mol. The van der Waals surface area contributed by atoms with Gasteiger partial charge in [0, 0.05) is 22.8 Å². The molecule has 1 heterocycles. The van der Waals surface area contributed by atoms with Crippen LogP contribution >= 0.6 is 15.9 Å². The predicted octanol–water partition coefficient (Wildman–Crippen LogP) is 4.28. The van der Waals surface area contributed by atoms with Crippen LogP contribution in [0.1, 0.15) is 24.1 Å². The molecule has 0 radical (unpaired) electrons. The molecule has 0 amide bonds. The molecule has 1 aromatic heterocycles. The highest BCUT2D eigenvalue weighted by Gasteiger charge is 2.48. The first-order chi connectivity index (χ1) is 7.88. The molecule has 1 aliphatic rings. The lowest BCUT2D eigenvalue weighted by atomic mass is 9.96. The second-order valence-corrected chi connectivity index (χ2v) is 5.47. The van der Waals surface area contributed by atoms with Gasteiger partial charge in [-0.2, -0.15) is 13.2 Å². The smallest absolute Gasteiger partial charge is 0.260 e. The third-order valence-electron chi connectivity index (χ3n) is 3.14. The first-order valence-corrected chi connectivity index (χ1v) is 6.35. The predicted molar refractivity (Wildman–Crippen MR) is 62.6 cm³/mol. The molecule has 1 nitrogen and oxygen atoms in total. The van der Waals surface area contributed by atoms with Crippen molar-refractivity contribution in [3.05, 3.63) is 28.0 Å². The minimum atomic E-state index is -4.11. The van der Waals surface area contributed by atoms with E-state index in [-0.39, 0.29) is 12.3 Å². The Hall–Kier alpha value is -0.580. The van der Waals surface area contributed by atoms with Gasteiger partial charge in [-0.25, -0.2) is 0 Å². The van der Waals surface area contributed by atoms with E-state index in [0.717, 1.165) is 10.0 Å². The molecule has 0 spiro atoms. The van der Waals surface area contributed by atoms with Crippen LogP contribution in [0.15, 0.2) is 16.7 Å². The Morgan fingerprint density at radius 2 is 2.12 bits per heavy atom. The first-order valence-electron chi connectivity index (χ1n) is 5.55. The van der Waals surface area contributed by atoms with E-state index in [9.17, 15) is 13.2 Å². The second-order valence-electron chi connectivity index (χ2n) is 4.61. The van der Waals surface area contributed by atoms with Crippen LogP contribution in [0.3, 0.4) is 0 Å². The van der Waals surface area contributed by atoms with Gasteiger partial charge in [0.25, 0.3) is 0 Å². The molecule has 1 aliphatic carbocycles. The number of nitrogens with zero attached hydrogens (tertiary/aromatic N) is 1. The molecule has 1 atom stereocenters. The van der Waals surface area contributed by atoms with Gasteiger partial charge in [0.1, 0.15) is 0 Å². The maximum Gasteiger partial charge on any atom is 0.392 e. The van der Waals surface area contributed by atoms with Crippen LogP contribution in [0.2, 0.25) is 0 Å². The summed E-state index contributed by atoms with van der Waals surface area (Å²) in [5.74, 6) is -1.42. The number of aromatic nitrogens is 1. The highest BCUT2D eigenvalue weighted by Crippen LogP contribution is 2.46. The maximum absolute atomic E-state index is 12.8. The molecular formula is C12H13BrF3N. The van der Waals surface area contributed by atoms with E-state index in [1.54, 1.807) is 12.3 Å². The maximum atomic E-state index is 12.8. The zero-order valence-electron chi connectivity index (χ0n) is 9.39. The normalized spacial score (nSPS) is 18.2. The number of hydrogen-bond donors (Lipinski definition) is 0. The van der Waals surface area contributed by atoms with E-state index < -0.39 is 12.1 Å². The standard InChI is InChI=1S/C12H13BrF3N/c1-7-4-9(17-6-11(7)13)5-10(8-2-3-8)12(14,15)16/h4,6,8,10H,2-3,5H2,1H3/t10-/m0/s1. The molecule has 0 unspecified atom stereocenters. The summed E-state index contributed by atoms with van der Waals surface area (Å²) >= 11 is 3.29. The van der Waals surface area contributed by atoms with Gasteiger partial charge in [0.2, 0.25) is 0 Å². The third-order valence-corrected chi connectivity index (χ3v) is 3.97. The first kappa shape index (κ1) is 12.9. The van der Waals surface area contributed by atoms with Crippen LogP contribution in [-0.2, 0) is 6.42 Å². The van der Waals surface area contributed by atoms with Gasteiger partial charge in [-0.3, -0.25) is 4.98 Å². The van der Waals surface area contributed by atoms with E-state index in [2.05, 4.69) is 20.9 Å². The molecule has 0 aromatic carbocycles. The molecule has 0 aliphatic heterocycles. The average molecular weight is 308 g/mol. The average Bonchev–Trinajstić information content (AvgIpc) is 3.01. The van der Waals surface area contributed by atoms with Crippen molar-refractivity contribution >= 4 is 15.9 Å². The fourth-order valence-corrected chi connectivity index (χ4v) is 2.20. The largest absolute Gasteiger partial charge is 0.392 e. The van der Waals surface area contributed by atoms with Crippen molar-refractivity contribution in [3.63, 3.8) is 0 Å². The highest BCUT2D eigenvalue weighted by atomic mass is 79.9. The summed E-state index contributed by atoms with van der Waals surface area (Å²) in [7, 11) is 0. The highest BCUT2D eigenvalue weighted by molar-refractivity contribution is 9.10. The van der Waals surface area contributed by atoms with Crippen LogP contribution in [0.25, 0.3) is 0 Å². The molecule has 94 valence electrons. The molecule has 5 heteroatoms. The van der Waals surface area contributed by atoms with Gasteiger partial charge < -0.3 is 0 Å². The SMILES string of the molecule is Cc1cc(C[C@@H](C2CC2)C(F)(F)F)ncc1Br. The fraction of sp³-hybridized carbons (Fsp3) is 0.583. The Morgan fingerprint density at radius 1 is 1.47 bits per heavy atom. The molecule has 0 bridgehead atoms. The molecule has 1 aromatic rings. The Labute approximate surface area is 107 Å². The van der Waals surface area contributed by atoms with Crippen molar-refractivity contribution in [2.75, 3.05) is 0 Å². The van der Waals surface area contributed by atoms with Crippen LogP contribution in [-0.4, -0.2) is 11.2 Å². The summed E-state index contributed by atoms with van der Waals surface area (Å²) in [5.41, 5.74) is 1.45. The Balaban J connectivity index is 2.14. The third kappa shape index (κ3) is 3.21. The lowest BCUT2D eigenvalue weighted by Gasteiger charge is -2.19. The van der Waals surface area contributed by atoms with Gasteiger partial charge >= 0.3 is 6.18 Å². The minimum Gasteiger partial charge on any atom is -0.260 e. The number of hydrogen-bond acceptors (Lipinski definition) is 1. The summed E-state index contributed by atoms with van der Waals surface area (Å²) in [6, 6.07) is 1.73. The summed E-state index contributed by atoms with van der Waals surface area (Å²) in [6.45, 7) is 1.86. The molecule has 1 fully saturated rings. The summed E-state index contributed by atoms with van der Waals surface area (Å²) in [4.78, 5) is 4.06. The number of halogens is 4.